The van der Waals surface area contributed by atoms with Crippen LogP contribution < -0.4 is 11.1 Å². The van der Waals surface area contributed by atoms with Crippen LogP contribution in [0.15, 0.2) is 25.8 Å². The minimum atomic E-state index is -0.333. The molecule has 0 saturated heterocycles. The molecule has 0 aliphatic carbocycles. The van der Waals surface area contributed by atoms with Crippen LogP contribution in [0.5, 0.6) is 0 Å². The van der Waals surface area contributed by atoms with Gasteiger partial charge in [-0.3, -0.25) is 4.57 Å². The van der Waals surface area contributed by atoms with Crippen molar-refractivity contribution in [1.82, 2.24) is 9.88 Å². The molecule has 1 aromatic carbocycles. The third-order valence-corrected chi connectivity index (χ3v) is 2.76. The highest BCUT2D eigenvalue weighted by atomic mass is 79.9. The van der Waals surface area contributed by atoms with Gasteiger partial charge >= 0.3 is 5.76 Å². The number of aryl methyl sites for hydroxylation is 1. The fourth-order valence-electron chi connectivity index (χ4n) is 1.58. The predicted molar refractivity (Wildman–Crippen MR) is 61.9 cm³/mol. The summed E-state index contributed by atoms with van der Waals surface area (Å²) in [6.07, 6.45) is 0. The molecular weight excluding hydrogens is 260 g/mol. The maximum Gasteiger partial charge on any atom is 0.419 e. The van der Waals surface area contributed by atoms with Gasteiger partial charge < -0.3 is 9.73 Å². The molecule has 1 N–H and O–H groups in total. The number of oxazole rings is 1. The number of benzene rings is 1. The van der Waals surface area contributed by atoms with E-state index in [2.05, 4.69) is 21.2 Å². The normalized spacial score (nSPS) is 11.1. The maximum atomic E-state index is 11.4. The molecule has 0 bridgehead atoms. The van der Waals surface area contributed by atoms with Crippen molar-refractivity contribution in [3.8, 4) is 0 Å². The number of hydrogen-bond acceptors (Lipinski definition) is 3. The summed E-state index contributed by atoms with van der Waals surface area (Å²) in [5.41, 5.74) is 2.43. The molecule has 1 aromatic heterocycles. The average Bonchev–Trinajstić information content (AvgIpc) is 2.46. The molecule has 5 heteroatoms. The highest BCUT2D eigenvalue weighted by molar-refractivity contribution is 9.10. The number of hydrogen-bond donors (Lipinski definition) is 1. The Balaban J connectivity index is 2.80. The lowest BCUT2D eigenvalue weighted by Crippen LogP contribution is -2.08. The molecule has 0 spiro atoms. The van der Waals surface area contributed by atoms with Crippen molar-refractivity contribution in [3.05, 3.63) is 32.7 Å². The minimum absolute atomic E-state index is 0.333. The zero-order valence-electron chi connectivity index (χ0n) is 8.50. The molecule has 2 rings (SSSR count). The quantitative estimate of drug-likeness (QED) is 0.902. The average molecular weight is 271 g/mol. The fraction of sp³-hybridized carbons (Fsp3) is 0.300. The third-order valence-electron chi connectivity index (χ3n) is 2.30. The zero-order valence-corrected chi connectivity index (χ0v) is 10.1. The summed E-state index contributed by atoms with van der Waals surface area (Å²) < 4.78 is 7.62. The topological polar surface area (TPSA) is 47.2 Å². The molecule has 2 aromatic rings. The van der Waals surface area contributed by atoms with Gasteiger partial charge in [0.1, 0.15) is 0 Å². The Hall–Kier alpha value is -1.07. The van der Waals surface area contributed by atoms with Gasteiger partial charge in [-0.25, -0.2) is 4.79 Å². The molecule has 0 atom stereocenters. The zero-order chi connectivity index (χ0) is 11.0. The van der Waals surface area contributed by atoms with E-state index < -0.39 is 0 Å². The smallest absolute Gasteiger partial charge is 0.407 e. The summed E-state index contributed by atoms with van der Waals surface area (Å²) in [7, 11) is 3.55. The Morgan fingerprint density at radius 3 is 2.93 bits per heavy atom. The number of nitrogens with one attached hydrogen (secondary N) is 1. The van der Waals surface area contributed by atoms with E-state index in [4.69, 9.17) is 4.42 Å². The monoisotopic (exact) mass is 270 g/mol. The van der Waals surface area contributed by atoms with Gasteiger partial charge in [0, 0.05) is 23.6 Å². The van der Waals surface area contributed by atoms with E-state index in [0.29, 0.717) is 12.1 Å². The van der Waals surface area contributed by atoms with Crippen molar-refractivity contribution in [2.24, 2.45) is 7.05 Å². The van der Waals surface area contributed by atoms with Crippen LogP contribution in [-0.2, 0) is 13.6 Å². The Kier molecular flexibility index (Phi) is 2.67. The molecular formula is C10H11BrN2O2. The third kappa shape index (κ3) is 1.72. The van der Waals surface area contributed by atoms with Crippen LogP contribution >= 0.6 is 15.9 Å². The Morgan fingerprint density at radius 2 is 2.27 bits per heavy atom. The molecule has 4 nitrogen and oxygen atoms in total. The van der Waals surface area contributed by atoms with Crippen molar-refractivity contribution in [3.63, 3.8) is 0 Å². The molecule has 0 unspecified atom stereocenters. The van der Waals surface area contributed by atoms with Crippen LogP contribution in [0.25, 0.3) is 11.1 Å². The molecule has 0 saturated carbocycles. The highest BCUT2D eigenvalue weighted by Gasteiger charge is 2.11. The SMILES string of the molecule is CNCc1cc(Br)cc2c1oc(=O)n2C. The van der Waals surface area contributed by atoms with Crippen LogP contribution in [0.1, 0.15) is 5.56 Å². The minimum Gasteiger partial charge on any atom is -0.407 e. The van der Waals surface area contributed by atoms with E-state index in [9.17, 15) is 4.79 Å². The number of aromatic nitrogens is 1. The van der Waals surface area contributed by atoms with E-state index >= 15 is 0 Å². The number of rotatable bonds is 2. The summed E-state index contributed by atoms with van der Waals surface area (Å²) in [6, 6.07) is 3.82. The van der Waals surface area contributed by atoms with Crippen molar-refractivity contribution >= 4 is 27.0 Å². The van der Waals surface area contributed by atoms with Gasteiger partial charge in [-0.1, -0.05) is 15.9 Å². The lowest BCUT2D eigenvalue weighted by molar-refractivity contribution is 0.524. The molecule has 1 heterocycles. The van der Waals surface area contributed by atoms with Crippen LogP contribution in [0.4, 0.5) is 0 Å². The molecule has 0 fully saturated rings. The van der Waals surface area contributed by atoms with Gasteiger partial charge in [-0.05, 0) is 19.2 Å². The summed E-state index contributed by atoms with van der Waals surface area (Å²) in [5.74, 6) is -0.333. The van der Waals surface area contributed by atoms with E-state index in [0.717, 1.165) is 15.6 Å². The molecule has 80 valence electrons. The highest BCUT2D eigenvalue weighted by Crippen LogP contribution is 2.23. The molecule has 0 amide bonds. The van der Waals surface area contributed by atoms with Gasteiger partial charge in [0.05, 0.1) is 5.52 Å². The Bertz CT molecular complexity index is 556. The summed E-state index contributed by atoms with van der Waals surface area (Å²) in [5, 5.41) is 3.04. The first-order chi connectivity index (χ1) is 7.13. The van der Waals surface area contributed by atoms with E-state index in [-0.39, 0.29) is 5.76 Å². The Labute approximate surface area is 95.0 Å². The lowest BCUT2D eigenvalue weighted by atomic mass is 10.2. The first-order valence-electron chi connectivity index (χ1n) is 4.56. The Morgan fingerprint density at radius 1 is 1.53 bits per heavy atom. The molecule has 15 heavy (non-hydrogen) atoms. The predicted octanol–water partition coefficient (Wildman–Crippen LogP) is 1.61. The van der Waals surface area contributed by atoms with Gasteiger partial charge in [0.2, 0.25) is 0 Å². The van der Waals surface area contributed by atoms with Gasteiger partial charge in [0.15, 0.2) is 5.58 Å². The fourth-order valence-corrected chi connectivity index (χ4v) is 2.07. The summed E-state index contributed by atoms with van der Waals surface area (Å²) >= 11 is 3.41. The van der Waals surface area contributed by atoms with Gasteiger partial charge in [0.25, 0.3) is 0 Å². The van der Waals surface area contributed by atoms with Crippen LogP contribution in [0, 0.1) is 0 Å². The number of halogens is 1. The van der Waals surface area contributed by atoms with E-state index in [1.165, 1.54) is 4.57 Å². The molecule has 0 aliphatic rings. The van der Waals surface area contributed by atoms with E-state index in [1.54, 1.807) is 7.05 Å². The van der Waals surface area contributed by atoms with Crippen LogP contribution in [0.3, 0.4) is 0 Å². The number of nitrogens with zero attached hydrogens (tertiary/aromatic N) is 1. The second-order valence-corrected chi connectivity index (χ2v) is 4.29. The summed E-state index contributed by atoms with van der Waals surface area (Å²) in [4.78, 5) is 11.4. The van der Waals surface area contributed by atoms with Crippen molar-refractivity contribution in [1.29, 1.82) is 0 Å². The van der Waals surface area contributed by atoms with Crippen LogP contribution in [0.2, 0.25) is 0 Å². The number of fused-ring (bicyclic) bond motifs is 1. The summed E-state index contributed by atoms with van der Waals surface area (Å²) in [6.45, 7) is 0.670. The second kappa shape index (κ2) is 3.83. The first kappa shape index (κ1) is 10.4. The van der Waals surface area contributed by atoms with Crippen molar-refractivity contribution in [2.75, 3.05) is 7.05 Å². The second-order valence-electron chi connectivity index (χ2n) is 3.37. The van der Waals surface area contributed by atoms with E-state index in [1.807, 2.05) is 19.2 Å². The lowest BCUT2D eigenvalue weighted by Gasteiger charge is -2.02. The first-order valence-corrected chi connectivity index (χ1v) is 5.35. The molecule has 0 radical (unpaired) electrons. The van der Waals surface area contributed by atoms with Gasteiger partial charge in [-0.15, -0.1) is 0 Å². The largest absolute Gasteiger partial charge is 0.419 e. The van der Waals surface area contributed by atoms with Gasteiger partial charge in [-0.2, -0.15) is 0 Å². The maximum absolute atomic E-state index is 11.4. The standard InChI is InChI=1S/C10H11BrN2O2/c1-12-5-6-3-7(11)4-8-9(6)15-10(14)13(8)2/h3-4,12H,5H2,1-2H3. The van der Waals surface area contributed by atoms with Crippen molar-refractivity contribution in [2.45, 2.75) is 6.54 Å². The molecule has 0 aliphatic heterocycles. The van der Waals surface area contributed by atoms with Crippen molar-refractivity contribution < 1.29 is 4.42 Å². The van der Waals surface area contributed by atoms with Crippen LogP contribution in [-0.4, -0.2) is 11.6 Å².